The number of hydrogen-bond donors (Lipinski definition) is 12. The minimum atomic E-state index is -0.426. The molecule has 1 aromatic carbocycles. The largest absolute Gasteiger partial charge is 0.444 e. The molecule has 3 aliphatic heterocycles. The lowest BCUT2D eigenvalue weighted by Gasteiger charge is -2.20. The number of ether oxygens (including phenoxy) is 1. The van der Waals surface area contributed by atoms with E-state index in [0.717, 1.165) is 162 Å². The molecule has 0 aliphatic carbocycles. The third kappa shape index (κ3) is 30.3. The van der Waals surface area contributed by atoms with Crippen LogP contribution in [0.2, 0.25) is 0 Å². The number of carbonyl (C=O) groups excluding carboxylic acids is 2. The molecule has 0 spiro atoms. The second-order valence-corrected chi connectivity index (χ2v) is 16.1. The van der Waals surface area contributed by atoms with Crippen LogP contribution in [0.5, 0.6) is 0 Å². The van der Waals surface area contributed by atoms with Gasteiger partial charge < -0.3 is 69.0 Å². The number of alkyl carbamates (subject to hydrolysis) is 1. The van der Waals surface area contributed by atoms with Crippen molar-refractivity contribution in [2.75, 3.05) is 118 Å². The molecule has 3 fully saturated rings. The maximum absolute atomic E-state index is 11.9. The SMILES string of the molecule is CC(C)(C)OC(=O)NCCCC[C@H]1CNCCNCCN1.NCCCC[C@H]1CNCCNCCN1.O=C(NCCCC[C@H]1CNCCNCCN1)c1ccccc1. The fraction of sp³-hybridized carbons (Fsp3) is 0.810. The van der Waals surface area contributed by atoms with Crippen molar-refractivity contribution in [2.24, 2.45) is 5.73 Å². The van der Waals surface area contributed by atoms with E-state index >= 15 is 0 Å². The standard InChI is InChI=1S/C17H28N4O.C15H32N4O2.C10H24N4/c22-17(15-6-2-1-3-7-15)21-9-5-4-8-16-14-19-11-10-18-12-13-20-16;1-15(2,3)21-14(20)19-7-5-4-6-13-12-17-9-8-16-10-11-18-13;11-4-2-1-3-10-9-13-6-5-12-7-8-14-10/h1-3,6-7,16,18-20H,4-5,8-14H2,(H,21,22);13,16-18H,4-12H2,1-3H3,(H,19,20);10,12-14H,1-9,11H2/t16-;13-;10-/m000/s1. The summed E-state index contributed by atoms with van der Waals surface area (Å²) in [5.41, 5.74) is 5.79. The van der Waals surface area contributed by atoms with Crippen LogP contribution in [0.4, 0.5) is 4.79 Å². The molecule has 0 unspecified atom stereocenters. The van der Waals surface area contributed by atoms with Gasteiger partial charge in [0.2, 0.25) is 0 Å². The number of nitrogens with one attached hydrogen (secondary N) is 11. The van der Waals surface area contributed by atoms with Crippen molar-refractivity contribution in [1.29, 1.82) is 0 Å². The van der Waals surface area contributed by atoms with Gasteiger partial charge in [-0.2, -0.15) is 0 Å². The summed E-state index contributed by atoms with van der Waals surface area (Å²) in [7, 11) is 0. The van der Waals surface area contributed by atoms with E-state index in [1.54, 1.807) is 0 Å². The minimum Gasteiger partial charge on any atom is -0.444 e. The Kier molecular flexibility index (Phi) is 30.6. The molecule has 3 aliphatic rings. The van der Waals surface area contributed by atoms with Gasteiger partial charge in [-0.05, 0) is 78.0 Å². The van der Waals surface area contributed by atoms with E-state index in [0.29, 0.717) is 24.7 Å². The third-order valence-electron chi connectivity index (χ3n) is 9.77. The Morgan fingerprint density at radius 2 is 0.982 bits per heavy atom. The highest BCUT2D eigenvalue weighted by Gasteiger charge is 2.16. The summed E-state index contributed by atoms with van der Waals surface area (Å²) in [6.07, 6.45) is 9.81. The second-order valence-electron chi connectivity index (χ2n) is 16.1. The van der Waals surface area contributed by atoms with Crippen molar-refractivity contribution in [3.05, 3.63) is 35.9 Å². The Balaban J connectivity index is 0.000000303. The zero-order valence-electron chi connectivity index (χ0n) is 36.0. The molecule has 0 radical (unpaired) electrons. The average Bonchev–Trinajstić information content (AvgIpc) is 3.49. The van der Waals surface area contributed by atoms with Crippen molar-refractivity contribution in [1.82, 2.24) is 58.5 Å². The zero-order chi connectivity index (χ0) is 41.1. The van der Waals surface area contributed by atoms with Gasteiger partial charge in [-0.3, -0.25) is 4.79 Å². The highest BCUT2D eigenvalue weighted by Crippen LogP contribution is 2.07. The van der Waals surface area contributed by atoms with Gasteiger partial charge in [-0.1, -0.05) is 37.5 Å². The molecule has 0 bridgehead atoms. The van der Waals surface area contributed by atoms with Crippen LogP contribution in [0.3, 0.4) is 0 Å². The number of benzene rings is 1. The van der Waals surface area contributed by atoms with Crippen LogP contribution >= 0.6 is 0 Å². The van der Waals surface area contributed by atoms with E-state index < -0.39 is 5.60 Å². The van der Waals surface area contributed by atoms with Crippen LogP contribution in [0, 0.1) is 0 Å². The van der Waals surface area contributed by atoms with Gasteiger partial charge in [-0.25, -0.2) is 4.79 Å². The molecule has 15 nitrogen and oxygen atoms in total. The van der Waals surface area contributed by atoms with E-state index in [1.165, 1.54) is 12.8 Å². The monoisotopic (exact) mass is 805 g/mol. The Morgan fingerprint density at radius 3 is 1.42 bits per heavy atom. The normalized spacial score (nSPS) is 21.5. The van der Waals surface area contributed by atoms with E-state index in [4.69, 9.17) is 10.5 Å². The first kappa shape index (κ1) is 50.7. The van der Waals surface area contributed by atoms with E-state index in [-0.39, 0.29) is 12.0 Å². The van der Waals surface area contributed by atoms with Gasteiger partial charge in [0.05, 0.1) is 0 Å². The third-order valence-corrected chi connectivity index (χ3v) is 9.77. The number of unbranched alkanes of at least 4 members (excludes halogenated alkanes) is 3. The molecule has 3 saturated heterocycles. The summed E-state index contributed by atoms with van der Waals surface area (Å²) in [4.78, 5) is 23.4. The minimum absolute atomic E-state index is 0.0221. The van der Waals surface area contributed by atoms with Crippen LogP contribution in [0.15, 0.2) is 30.3 Å². The van der Waals surface area contributed by atoms with Crippen molar-refractivity contribution in [3.63, 3.8) is 0 Å². The summed E-state index contributed by atoms with van der Waals surface area (Å²) >= 11 is 0. The number of hydrogen-bond acceptors (Lipinski definition) is 13. The maximum atomic E-state index is 11.9. The fourth-order valence-corrected chi connectivity index (χ4v) is 6.62. The lowest BCUT2D eigenvalue weighted by molar-refractivity contribution is 0.0526. The lowest BCUT2D eigenvalue weighted by atomic mass is 10.1. The molecule has 15 heteroatoms. The predicted octanol–water partition coefficient (Wildman–Crippen LogP) is 0.836. The Hall–Kier alpha value is -2.44. The Morgan fingerprint density at radius 1 is 0.579 bits per heavy atom. The molecule has 330 valence electrons. The van der Waals surface area contributed by atoms with Crippen LogP contribution in [0.25, 0.3) is 0 Å². The summed E-state index contributed by atoms with van der Waals surface area (Å²) in [5, 5.41) is 36.9. The number of rotatable bonds is 15. The van der Waals surface area contributed by atoms with E-state index in [2.05, 4.69) is 58.5 Å². The van der Waals surface area contributed by atoms with Crippen molar-refractivity contribution >= 4 is 12.0 Å². The predicted molar refractivity (Wildman–Crippen MR) is 236 cm³/mol. The van der Waals surface area contributed by atoms with E-state index in [1.807, 2.05) is 51.1 Å². The summed E-state index contributed by atoms with van der Waals surface area (Å²) in [6, 6.07) is 11.1. The Labute approximate surface area is 345 Å². The number of nitrogens with two attached hydrogens (primary N) is 1. The Bertz CT molecular complexity index is 1070. The molecule has 3 heterocycles. The van der Waals surface area contributed by atoms with Gasteiger partial charge in [0.25, 0.3) is 5.91 Å². The highest BCUT2D eigenvalue weighted by atomic mass is 16.6. The first-order valence-electron chi connectivity index (χ1n) is 22.2. The number of carbonyl (C=O) groups is 2. The summed E-state index contributed by atoms with van der Waals surface area (Å²) in [6.45, 7) is 23.5. The van der Waals surface area contributed by atoms with Crippen LogP contribution in [-0.4, -0.2) is 154 Å². The second kappa shape index (κ2) is 34.4. The van der Waals surface area contributed by atoms with Gasteiger partial charge >= 0.3 is 6.09 Å². The molecule has 1 aromatic rings. The van der Waals surface area contributed by atoms with Crippen LogP contribution < -0.4 is 64.2 Å². The first-order chi connectivity index (χ1) is 27.8. The molecule has 0 saturated carbocycles. The first-order valence-corrected chi connectivity index (χ1v) is 22.2. The molecular formula is C42H84N12O3. The van der Waals surface area contributed by atoms with E-state index in [9.17, 15) is 9.59 Å². The van der Waals surface area contributed by atoms with Gasteiger partial charge in [0.15, 0.2) is 0 Å². The van der Waals surface area contributed by atoms with Crippen LogP contribution in [-0.2, 0) is 4.74 Å². The zero-order valence-corrected chi connectivity index (χ0v) is 36.0. The maximum Gasteiger partial charge on any atom is 0.407 e. The van der Waals surface area contributed by atoms with Crippen molar-refractivity contribution in [2.45, 2.75) is 102 Å². The smallest absolute Gasteiger partial charge is 0.407 e. The molecule has 0 aromatic heterocycles. The lowest BCUT2D eigenvalue weighted by Crippen LogP contribution is -2.39. The van der Waals surface area contributed by atoms with Crippen molar-refractivity contribution in [3.8, 4) is 0 Å². The quantitative estimate of drug-likeness (QED) is 0.112. The fourth-order valence-electron chi connectivity index (χ4n) is 6.62. The molecule has 2 amide bonds. The summed E-state index contributed by atoms with van der Waals surface area (Å²) in [5.74, 6) is 0.0221. The number of amides is 2. The molecule has 13 N–H and O–H groups in total. The van der Waals surface area contributed by atoms with Gasteiger partial charge in [0.1, 0.15) is 5.60 Å². The van der Waals surface area contributed by atoms with Gasteiger partial charge in [-0.15, -0.1) is 0 Å². The highest BCUT2D eigenvalue weighted by molar-refractivity contribution is 5.94. The molecule has 4 rings (SSSR count). The molecular weight excluding hydrogens is 721 g/mol. The molecule has 57 heavy (non-hydrogen) atoms. The average molecular weight is 805 g/mol. The topological polar surface area (TPSA) is 202 Å². The summed E-state index contributed by atoms with van der Waals surface area (Å²) < 4.78 is 5.20. The van der Waals surface area contributed by atoms with Crippen LogP contribution in [0.1, 0.15) is 88.9 Å². The molecule has 3 atom stereocenters. The van der Waals surface area contributed by atoms with Crippen molar-refractivity contribution < 1.29 is 14.3 Å². The van der Waals surface area contributed by atoms with Gasteiger partial charge in [0, 0.05) is 135 Å².